The highest BCUT2D eigenvalue weighted by molar-refractivity contribution is 6.39. The van der Waals surface area contributed by atoms with E-state index in [0.29, 0.717) is 21.4 Å². The van der Waals surface area contributed by atoms with Crippen LogP contribution in [0.25, 0.3) is 6.08 Å². The molecule has 0 radical (unpaired) electrons. The second-order valence-electron chi connectivity index (χ2n) is 7.00. The summed E-state index contributed by atoms with van der Waals surface area (Å²) in [5.74, 6) is -1.15. The molecule has 1 aliphatic heterocycles. The fraction of sp³-hybridized carbons (Fsp3) is 0.0417. The van der Waals surface area contributed by atoms with Crippen molar-refractivity contribution < 1.29 is 19.1 Å². The van der Waals surface area contributed by atoms with E-state index in [2.05, 4.69) is 5.32 Å². The lowest BCUT2D eigenvalue weighted by Gasteiger charge is -2.26. The highest BCUT2D eigenvalue weighted by atomic mass is 35.5. The smallest absolute Gasteiger partial charge is 0.335 e. The second-order valence-corrected chi connectivity index (χ2v) is 8.26. The minimum Gasteiger partial charge on any atom is -0.487 e. The SMILES string of the molecule is O=C1NC(=O)N(c2ccc(Cl)cc2)C(=O)/C1=C/c1ccc(OCc2ccccc2Cl)c(Cl)c1. The predicted octanol–water partition coefficient (Wildman–Crippen LogP) is 5.89. The van der Waals surface area contributed by atoms with Gasteiger partial charge in [-0.25, -0.2) is 9.69 Å². The van der Waals surface area contributed by atoms with E-state index in [4.69, 9.17) is 39.5 Å². The molecule has 0 atom stereocenters. The Morgan fingerprint density at radius 2 is 1.61 bits per heavy atom. The van der Waals surface area contributed by atoms with Gasteiger partial charge in [-0.2, -0.15) is 0 Å². The van der Waals surface area contributed by atoms with Crippen molar-refractivity contribution in [2.75, 3.05) is 4.90 Å². The van der Waals surface area contributed by atoms with Gasteiger partial charge in [0, 0.05) is 15.6 Å². The zero-order chi connectivity index (χ0) is 23.5. The average molecular weight is 502 g/mol. The molecule has 4 amide bonds. The Morgan fingerprint density at radius 1 is 0.879 bits per heavy atom. The normalized spacial score (nSPS) is 15.1. The Bertz CT molecular complexity index is 1290. The number of nitrogens with one attached hydrogen (secondary N) is 1. The monoisotopic (exact) mass is 500 g/mol. The van der Waals surface area contributed by atoms with Crippen LogP contribution in [0, 0.1) is 0 Å². The second kappa shape index (κ2) is 9.67. The fourth-order valence-corrected chi connectivity index (χ4v) is 3.70. The lowest BCUT2D eigenvalue weighted by Crippen LogP contribution is -2.54. The Kier molecular flexibility index (Phi) is 6.70. The molecule has 3 aromatic rings. The molecule has 0 unspecified atom stereocenters. The van der Waals surface area contributed by atoms with Crippen molar-refractivity contribution >= 4 is 64.4 Å². The van der Waals surface area contributed by atoms with E-state index in [-0.39, 0.29) is 22.9 Å². The number of nitrogens with zero attached hydrogens (tertiary/aromatic N) is 1. The Morgan fingerprint density at radius 3 is 2.30 bits per heavy atom. The van der Waals surface area contributed by atoms with Gasteiger partial charge in [0.2, 0.25) is 0 Å². The van der Waals surface area contributed by atoms with E-state index in [9.17, 15) is 14.4 Å². The van der Waals surface area contributed by atoms with Crippen molar-refractivity contribution in [3.63, 3.8) is 0 Å². The molecule has 1 fully saturated rings. The lowest BCUT2D eigenvalue weighted by atomic mass is 10.1. The summed E-state index contributed by atoms with van der Waals surface area (Å²) in [5.41, 5.74) is 1.35. The molecular formula is C24H15Cl3N2O4. The van der Waals surface area contributed by atoms with Gasteiger partial charge in [0.05, 0.1) is 10.7 Å². The number of hydrogen-bond donors (Lipinski definition) is 1. The summed E-state index contributed by atoms with van der Waals surface area (Å²) in [6.45, 7) is 0.221. The van der Waals surface area contributed by atoms with Gasteiger partial charge in [0.25, 0.3) is 11.8 Å². The molecule has 0 spiro atoms. The highest BCUT2D eigenvalue weighted by Crippen LogP contribution is 2.29. The van der Waals surface area contributed by atoms with Crippen LogP contribution in [0.1, 0.15) is 11.1 Å². The van der Waals surface area contributed by atoms with E-state index in [1.54, 1.807) is 36.4 Å². The molecule has 0 saturated carbocycles. The van der Waals surface area contributed by atoms with Crippen molar-refractivity contribution in [2.24, 2.45) is 0 Å². The van der Waals surface area contributed by atoms with Gasteiger partial charge in [-0.15, -0.1) is 0 Å². The van der Waals surface area contributed by atoms with Crippen LogP contribution in [0.4, 0.5) is 10.5 Å². The number of barbiturate groups is 1. The maximum absolute atomic E-state index is 13.0. The number of carbonyl (C=O) groups is 3. The van der Waals surface area contributed by atoms with Crippen LogP contribution in [0.5, 0.6) is 5.75 Å². The fourth-order valence-electron chi connectivity index (χ4n) is 3.14. The summed E-state index contributed by atoms with van der Waals surface area (Å²) in [6, 6.07) is 17.4. The molecule has 33 heavy (non-hydrogen) atoms. The quantitative estimate of drug-likeness (QED) is 0.349. The summed E-state index contributed by atoms with van der Waals surface area (Å²) in [7, 11) is 0. The topological polar surface area (TPSA) is 75.7 Å². The maximum Gasteiger partial charge on any atom is 0.335 e. The minimum atomic E-state index is -0.842. The lowest BCUT2D eigenvalue weighted by molar-refractivity contribution is -0.122. The van der Waals surface area contributed by atoms with Crippen LogP contribution in [0.15, 0.2) is 72.3 Å². The average Bonchev–Trinajstić information content (AvgIpc) is 2.78. The van der Waals surface area contributed by atoms with Gasteiger partial charge >= 0.3 is 6.03 Å². The molecule has 3 aromatic carbocycles. The van der Waals surface area contributed by atoms with E-state index in [1.165, 1.54) is 18.2 Å². The van der Waals surface area contributed by atoms with E-state index < -0.39 is 17.8 Å². The number of halogens is 3. The van der Waals surface area contributed by atoms with Gasteiger partial charge < -0.3 is 4.74 Å². The van der Waals surface area contributed by atoms with Crippen LogP contribution in [-0.2, 0) is 16.2 Å². The zero-order valence-electron chi connectivity index (χ0n) is 16.8. The third-order valence-corrected chi connectivity index (χ3v) is 5.71. The van der Waals surface area contributed by atoms with Crippen molar-refractivity contribution in [1.82, 2.24) is 5.32 Å². The number of anilines is 1. The van der Waals surface area contributed by atoms with Crippen LogP contribution >= 0.6 is 34.8 Å². The first-order valence-electron chi connectivity index (χ1n) is 9.66. The zero-order valence-corrected chi connectivity index (χ0v) is 19.1. The number of carbonyl (C=O) groups excluding carboxylic acids is 3. The van der Waals surface area contributed by atoms with Crippen LogP contribution in [0.3, 0.4) is 0 Å². The first-order valence-corrected chi connectivity index (χ1v) is 10.8. The molecule has 1 heterocycles. The molecule has 0 aromatic heterocycles. The standard InChI is InChI=1S/C24H15Cl3N2O4/c25-16-6-8-17(9-7-16)29-23(31)18(22(30)28-24(29)32)11-14-5-10-21(20(27)12-14)33-13-15-3-1-2-4-19(15)26/h1-12H,13H2,(H,28,30,32)/b18-11+. The Hall–Kier alpha value is -3.32. The van der Waals surface area contributed by atoms with Crippen LogP contribution < -0.4 is 15.0 Å². The summed E-state index contributed by atoms with van der Waals surface area (Å²) in [6.07, 6.45) is 1.36. The molecule has 6 nitrogen and oxygen atoms in total. The first kappa shape index (κ1) is 22.9. The van der Waals surface area contributed by atoms with Crippen LogP contribution in [-0.4, -0.2) is 17.8 Å². The number of benzene rings is 3. The molecule has 4 rings (SSSR count). The Balaban J connectivity index is 1.57. The number of imide groups is 2. The summed E-state index contributed by atoms with van der Waals surface area (Å²) < 4.78 is 5.74. The largest absolute Gasteiger partial charge is 0.487 e. The van der Waals surface area contributed by atoms with Gasteiger partial charge in [-0.1, -0.05) is 59.1 Å². The van der Waals surface area contributed by atoms with Crippen molar-refractivity contribution in [1.29, 1.82) is 0 Å². The Labute approximate surface area is 204 Å². The molecule has 166 valence electrons. The van der Waals surface area contributed by atoms with E-state index in [0.717, 1.165) is 10.5 Å². The van der Waals surface area contributed by atoms with Crippen LogP contribution in [0.2, 0.25) is 15.1 Å². The number of amides is 4. The third kappa shape index (κ3) is 5.03. The highest BCUT2D eigenvalue weighted by Gasteiger charge is 2.36. The molecule has 1 aliphatic rings. The molecular weight excluding hydrogens is 487 g/mol. The molecule has 0 bridgehead atoms. The molecule has 0 aliphatic carbocycles. The van der Waals surface area contributed by atoms with Gasteiger partial charge in [-0.3, -0.25) is 14.9 Å². The molecule has 9 heteroatoms. The van der Waals surface area contributed by atoms with Crippen molar-refractivity contribution in [3.05, 3.63) is 98.5 Å². The number of urea groups is 1. The summed E-state index contributed by atoms with van der Waals surface area (Å²) >= 11 is 18.4. The van der Waals surface area contributed by atoms with Crippen molar-refractivity contribution in [3.8, 4) is 5.75 Å². The van der Waals surface area contributed by atoms with Gasteiger partial charge in [0.15, 0.2) is 0 Å². The van der Waals surface area contributed by atoms with E-state index in [1.807, 2.05) is 18.2 Å². The van der Waals surface area contributed by atoms with Gasteiger partial charge in [-0.05, 0) is 54.1 Å². The summed E-state index contributed by atoms with van der Waals surface area (Å²) in [5, 5.41) is 3.48. The number of ether oxygens (including phenoxy) is 1. The van der Waals surface area contributed by atoms with Crippen molar-refractivity contribution in [2.45, 2.75) is 6.61 Å². The minimum absolute atomic E-state index is 0.217. The predicted molar refractivity (Wildman–Crippen MR) is 128 cm³/mol. The number of rotatable bonds is 5. The summed E-state index contributed by atoms with van der Waals surface area (Å²) in [4.78, 5) is 38.4. The first-order chi connectivity index (χ1) is 15.8. The number of hydrogen-bond acceptors (Lipinski definition) is 4. The van der Waals surface area contributed by atoms with E-state index >= 15 is 0 Å². The maximum atomic E-state index is 13.0. The molecule has 1 N–H and O–H groups in total. The third-order valence-electron chi connectivity index (χ3n) is 4.79. The van der Waals surface area contributed by atoms with Gasteiger partial charge in [0.1, 0.15) is 17.9 Å². The molecule has 1 saturated heterocycles.